The van der Waals surface area contributed by atoms with Crippen molar-refractivity contribution in [1.29, 1.82) is 0 Å². The molecule has 2 unspecified atom stereocenters. The number of amides is 1. The number of H-pyrrole nitrogens is 1. The predicted octanol–water partition coefficient (Wildman–Crippen LogP) is 1.97. The molecule has 1 aliphatic carbocycles. The molecule has 0 aromatic carbocycles. The number of aryl methyl sites for hydroxylation is 2. The minimum Gasteiger partial charge on any atom is -0.481 e. The summed E-state index contributed by atoms with van der Waals surface area (Å²) in [6.45, 7) is 2.08. The van der Waals surface area contributed by atoms with E-state index in [1.165, 1.54) is 0 Å². The van der Waals surface area contributed by atoms with Crippen molar-refractivity contribution < 1.29 is 14.7 Å². The summed E-state index contributed by atoms with van der Waals surface area (Å²) in [5, 5.41) is 9.23. The third-order valence-corrected chi connectivity index (χ3v) is 5.31. The molecule has 1 fully saturated rings. The van der Waals surface area contributed by atoms with Crippen molar-refractivity contribution in [3.8, 4) is 0 Å². The number of nitrogens with zero attached hydrogens (tertiary/aromatic N) is 1. The zero-order valence-corrected chi connectivity index (χ0v) is 14.0. The lowest BCUT2D eigenvalue weighted by molar-refractivity contribution is -0.143. The molecule has 1 aromatic heterocycles. The highest BCUT2D eigenvalue weighted by atomic mass is 16.4. The van der Waals surface area contributed by atoms with Gasteiger partial charge in [-0.05, 0) is 57.1 Å². The Morgan fingerprint density at radius 1 is 1.21 bits per heavy atom. The van der Waals surface area contributed by atoms with E-state index in [0.717, 1.165) is 43.4 Å². The maximum Gasteiger partial charge on any atom is 0.308 e. The quantitative estimate of drug-likeness (QED) is 0.810. The molecule has 3 rings (SSSR count). The summed E-state index contributed by atoms with van der Waals surface area (Å²) in [5.41, 5.74) is 1.79. The number of pyridine rings is 1. The van der Waals surface area contributed by atoms with Crippen LogP contribution in [0.4, 0.5) is 0 Å². The van der Waals surface area contributed by atoms with Crippen LogP contribution in [0.15, 0.2) is 10.9 Å². The number of fused-ring (bicyclic) bond motifs is 1. The Hall–Kier alpha value is -2.11. The Morgan fingerprint density at radius 2 is 1.96 bits per heavy atom. The summed E-state index contributed by atoms with van der Waals surface area (Å²) in [4.78, 5) is 41.0. The van der Waals surface area contributed by atoms with Crippen molar-refractivity contribution in [2.24, 2.45) is 5.92 Å². The normalized spacial score (nSPS) is 24.1. The molecule has 2 heterocycles. The minimum atomic E-state index is -0.879. The first-order valence-corrected chi connectivity index (χ1v) is 8.76. The van der Waals surface area contributed by atoms with Crippen LogP contribution >= 0.6 is 0 Å². The van der Waals surface area contributed by atoms with Crippen LogP contribution in [-0.4, -0.2) is 39.5 Å². The molecule has 0 spiro atoms. The van der Waals surface area contributed by atoms with Crippen LogP contribution in [0.3, 0.4) is 0 Å². The van der Waals surface area contributed by atoms with Crippen molar-refractivity contribution in [3.63, 3.8) is 0 Å². The second-order valence-corrected chi connectivity index (χ2v) is 7.00. The molecular formula is C18H24N2O4. The number of aliphatic carboxylic acids is 1. The van der Waals surface area contributed by atoms with Gasteiger partial charge in [-0.1, -0.05) is 6.42 Å². The number of carboxylic acids is 1. The van der Waals surface area contributed by atoms with Crippen molar-refractivity contribution >= 4 is 11.9 Å². The lowest BCUT2D eigenvalue weighted by Gasteiger charge is -2.36. The fourth-order valence-corrected chi connectivity index (χ4v) is 3.76. The van der Waals surface area contributed by atoms with Gasteiger partial charge in [0.1, 0.15) is 5.56 Å². The molecule has 1 aliphatic heterocycles. The van der Waals surface area contributed by atoms with E-state index in [-0.39, 0.29) is 29.6 Å². The number of carbonyl (C=O) groups is 2. The van der Waals surface area contributed by atoms with Crippen LogP contribution in [-0.2, 0) is 17.6 Å². The highest BCUT2D eigenvalue weighted by Gasteiger charge is 2.34. The van der Waals surface area contributed by atoms with Crippen molar-refractivity contribution in [3.05, 3.63) is 33.2 Å². The Kier molecular flexibility index (Phi) is 4.73. The number of hydrogen-bond acceptors (Lipinski definition) is 3. The van der Waals surface area contributed by atoms with Gasteiger partial charge < -0.3 is 15.0 Å². The number of hydrogen-bond donors (Lipinski definition) is 2. The second kappa shape index (κ2) is 6.79. The van der Waals surface area contributed by atoms with Crippen LogP contribution < -0.4 is 5.56 Å². The summed E-state index contributed by atoms with van der Waals surface area (Å²) >= 11 is 0. The van der Waals surface area contributed by atoms with Crippen LogP contribution in [0.5, 0.6) is 0 Å². The topological polar surface area (TPSA) is 90.5 Å². The zero-order valence-electron chi connectivity index (χ0n) is 14.0. The standard InChI is InChI=1S/C18H24N2O4/c1-11-7-8-13(18(23)24)10-20(11)17(22)14-9-12-5-3-2-4-6-15(12)19-16(14)21/h9,11,13H,2-8,10H2,1H3,(H,19,21)(H,23,24). The highest BCUT2D eigenvalue weighted by molar-refractivity contribution is 5.94. The van der Waals surface area contributed by atoms with Crippen LogP contribution in [0.1, 0.15) is 60.6 Å². The number of carboxylic acid groups (broad SMARTS) is 1. The molecule has 6 heteroatoms. The zero-order chi connectivity index (χ0) is 17.3. The van der Waals surface area contributed by atoms with E-state index >= 15 is 0 Å². The van der Waals surface area contributed by atoms with E-state index in [1.54, 1.807) is 11.0 Å². The monoisotopic (exact) mass is 332 g/mol. The highest BCUT2D eigenvalue weighted by Crippen LogP contribution is 2.24. The molecule has 1 amide bonds. The third kappa shape index (κ3) is 3.23. The number of aromatic nitrogens is 1. The average Bonchev–Trinajstić information content (AvgIpc) is 2.78. The first-order chi connectivity index (χ1) is 11.5. The number of piperidine rings is 1. The Balaban J connectivity index is 1.90. The molecule has 6 nitrogen and oxygen atoms in total. The van der Waals surface area contributed by atoms with Gasteiger partial charge in [-0.25, -0.2) is 0 Å². The smallest absolute Gasteiger partial charge is 0.308 e. The number of nitrogens with one attached hydrogen (secondary N) is 1. The number of likely N-dealkylation sites (tertiary alicyclic amines) is 1. The first-order valence-electron chi connectivity index (χ1n) is 8.76. The summed E-state index contributed by atoms with van der Waals surface area (Å²) < 4.78 is 0. The van der Waals surface area contributed by atoms with Gasteiger partial charge in [0.15, 0.2) is 0 Å². The molecule has 2 N–H and O–H groups in total. The fraction of sp³-hybridized carbons (Fsp3) is 0.611. The van der Waals surface area contributed by atoms with Gasteiger partial charge >= 0.3 is 5.97 Å². The van der Waals surface area contributed by atoms with Gasteiger partial charge in [0.05, 0.1) is 5.92 Å². The van der Waals surface area contributed by atoms with E-state index in [4.69, 9.17) is 0 Å². The van der Waals surface area contributed by atoms with Gasteiger partial charge in [-0.15, -0.1) is 0 Å². The SMILES string of the molecule is CC1CCC(C(=O)O)CN1C(=O)c1cc2c([nH]c1=O)CCCCC2. The Labute approximate surface area is 140 Å². The van der Waals surface area contributed by atoms with Crippen molar-refractivity contribution in [1.82, 2.24) is 9.88 Å². The van der Waals surface area contributed by atoms with Crippen molar-refractivity contribution in [2.75, 3.05) is 6.54 Å². The molecular weight excluding hydrogens is 308 g/mol. The van der Waals surface area contributed by atoms with E-state index in [2.05, 4.69) is 4.98 Å². The number of rotatable bonds is 2. The lowest BCUT2D eigenvalue weighted by Crippen LogP contribution is -2.48. The molecule has 24 heavy (non-hydrogen) atoms. The van der Waals surface area contributed by atoms with Crippen LogP contribution in [0.2, 0.25) is 0 Å². The molecule has 0 saturated carbocycles. The molecule has 2 aliphatic rings. The summed E-state index contributed by atoms with van der Waals surface area (Å²) in [6, 6.07) is 1.69. The average molecular weight is 332 g/mol. The largest absolute Gasteiger partial charge is 0.481 e. The first kappa shape index (κ1) is 16.7. The van der Waals surface area contributed by atoms with E-state index in [0.29, 0.717) is 12.8 Å². The fourth-order valence-electron chi connectivity index (χ4n) is 3.76. The maximum absolute atomic E-state index is 12.9. The predicted molar refractivity (Wildman–Crippen MR) is 89.2 cm³/mol. The molecule has 2 atom stereocenters. The molecule has 130 valence electrons. The Morgan fingerprint density at radius 3 is 2.71 bits per heavy atom. The minimum absolute atomic E-state index is 0.0497. The van der Waals surface area contributed by atoms with Gasteiger partial charge in [-0.2, -0.15) is 0 Å². The number of carbonyl (C=O) groups excluding carboxylic acids is 1. The molecule has 0 radical (unpaired) electrons. The van der Waals surface area contributed by atoms with Gasteiger partial charge in [-0.3, -0.25) is 14.4 Å². The van der Waals surface area contributed by atoms with Gasteiger partial charge in [0.25, 0.3) is 11.5 Å². The third-order valence-electron chi connectivity index (χ3n) is 5.31. The maximum atomic E-state index is 12.9. The summed E-state index contributed by atoms with van der Waals surface area (Å²) in [6.07, 6.45) is 6.18. The molecule has 0 bridgehead atoms. The number of aromatic amines is 1. The molecule has 1 saturated heterocycles. The lowest BCUT2D eigenvalue weighted by atomic mass is 9.93. The van der Waals surface area contributed by atoms with E-state index in [1.807, 2.05) is 6.92 Å². The van der Waals surface area contributed by atoms with Gasteiger partial charge in [0.2, 0.25) is 0 Å². The summed E-state index contributed by atoms with van der Waals surface area (Å²) in [5.74, 6) is -1.78. The van der Waals surface area contributed by atoms with E-state index < -0.39 is 11.9 Å². The molecule has 1 aromatic rings. The van der Waals surface area contributed by atoms with Crippen LogP contribution in [0.25, 0.3) is 0 Å². The van der Waals surface area contributed by atoms with E-state index in [9.17, 15) is 19.5 Å². The second-order valence-electron chi connectivity index (χ2n) is 7.00. The van der Waals surface area contributed by atoms with Crippen LogP contribution in [0, 0.1) is 5.92 Å². The van der Waals surface area contributed by atoms with Gasteiger partial charge in [0, 0.05) is 18.3 Å². The van der Waals surface area contributed by atoms with Crippen molar-refractivity contribution in [2.45, 2.75) is 57.9 Å². The Bertz CT molecular complexity index is 709. The summed E-state index contributed by atoms with van der Waals surface area (Å²) in [7, 11) is 0.